The Hall–Kier alpha value is -0.0600. The highest BCUT2D eigenvalue weighted by atomic mass is 79.9. The van der Waals surface area contributed by atoms with Gasteiger partial charge in [0.1, 0.15) is 0 Å². The van der Waals surface area contributed by atoms with Gasteiger partial charge >= 0.3 is 0 Å². The molecule has 7 rings (SSSR count). The monoisotopic (exact) mass is 598 g/mol. The van der Waals surface area contributed by atoms with E-state index in [4.69, 9.17) is 0 Å². The van der Waals surface area contributed by atoms with Crippen molar-refractivity contribution < 1.29 is 0 Å². The molecule has 0 saturated heterocycles. The highest BCUT2D eigenvalue weighted by molar-refractivity contribution is 9.11. The number of rotatable bonds is 0. The van der Waals surface area contributed by atoms with Gasteiger partial charge in [-0.3, -0.25) is 0 Å². The topological polar surface area (TPSA) is 0 Å². The minimum absolute atomic E-state index is 1.24. The van der Waals surface area contributed by atoms with E-state index in [9.17, 15) is 0 Å². The second-order valence-electron chi connectivity index (χ2n) is 6.88. The quantitative estimate of drug-likeness (QED) is 0.163. The van der Waals surface area contributed by atoms with Crippen molar-refractivity contribution in [2.75, 3.05) is 0 Å². The minimum Gasteiger partial charge on any atom is -0.132 e. The highest BCUT2D eigenvalue weighted by Gasteiger charge is 2.25. The largest absolute Gasteiger partial charge is 0.132 e. The molecule has 0 amide bonds. The number of halogens is 2. The number of hydrogen-bond donors (Lipinski definition) is 0. The van der Waals surface area contributed by atoms with Crippen LogP contribution in [0.3, 0.4) is 0 Å². The summed E-state index contributed by atoms with van der Waals surface area (Å²) < 4.78 is 11.2. The van der Waals surface area contributed by atoms with Crippen molar-refractivity contribution in [1.29, 1.82) is 0 Å². The van der Waals surface area contributed by atoms with Crippen LogP contribution in [0.2, 0.25) is 0 Å². The third-order valence-corrected chi connectivity index (χ3v) is 14.8. The van der Waals surface area contributed by atoms with Gasteiger partial charge in [-0.1, -0.05) is 0 Å². The van der Waals surface area contributed by atoms with E-state index in [-0.39, 0.29) is 0 Å². The minimum atomic E-state index is 1.24. The number of fused-ring (bicyclic) bond motifs is 11. The molecule has 6 heterocycles. The number of aryl methyl sites for hydroxylation is 2. The van der Waals surface area contributed by atoms with Gasteiger partial charge in [0.2, 0.25) is 0 Å². The van der Waals surface area contributed by atoms with E-state index in [0.29, 0.717) is 0 Å². The van der Waals surface area contributed by atoms with Gasteiger partial charge in [0, 0.05) is 61.4 Å². The molecule has 6 aromatic heterocycles. The number of thiophene rings is 6. The van der Waals surface area contributed by atoms with E-state index >= 15 is 0 Å². The molecule has 0 spiro atoms. The molecule has 0 nitrogen and oxygen atoms in total. The Balaban J connectivity index is 1.91. The average molecular weight is 600 g/mol. The molecule has 0 radical (unpaired) electrons. The Morgan fingerprint density at radius 3 is 1.39 bits per heavy atom. The lowest BCUT2D eigenvalue weighted by Gasteiger charge is -2.06. The van der Waals surface area contributed by atoms with Crippen LogP contribution < -0.4 is 0 Å². The lowest BCUT2D eigenvalue weighted by molar-refractivity contribution is 1.44. The van der Waals surface area contributed by atoms with Crippen LogP contribution in [0.5, 0.6) is 0 Å². The fourth-order valence-electron chi connectivity index (χ4n) is 4.17. The molecule has 0 aliphatic rings. The Morgan fingerprint density at radius 1 is 0.536 bits per heavy atom. The van der Waals surface area contributed by atoms with Crippen molar-refractivity contribution in [2.45, 2.75) is 13.8 Å². The maximum atomic E-state index is 3.83. The summed E-state index contributed by atoms with van der Waals surface area (Å²) in [6, 6.07) is 0. The van der Waals surface area contributed by atoms with Crippen molar-refractivity contribution in [3.8, 4) is 0 Å². The summed E-state index contributed by atoms with van der Waals surface area (Å²) in [7, 11) is 0. The molecular weight excluding hydrogens is 592 g/mol. The molecule has 0 atom stereocenters. The van der Waals surface area contributed by atoms with E-state index < -0.39 is 0 Å². The van der Waals surface area contributed by atoms with Gasteiger partial charge in [-0.25, -0.2) is 0 Å². The summed E-state index contributed by atoms with van der Waals surface area (Å²) in [5.74, 6) is 0. The number of hydrogen-bond acceptors (Lipinski definition) is 6. The van der Waals surface area contributed by atoms with Gasteiger partial charge in [-0.2, -0.15) is 0 Å². The third kappa shape index (κ3) is 1.99. The molecular formula is C20H8Br2S6. The van der Waals surface area contributed by atoms with E-state index in [1.54, 1.807) is 0 Å². The Kier molecular flexibility index (Phi) is 3.64. The predicted octanol–water partition coefficient (Wildman–Crippen LogP) is 11.1. The van der Waals surface area contributed by atoms with Gasteiger partial charge in [0.25, 0.3) is 0 Å². The zero-order valence-corrected chi connectivity index (χ0v) is 22.4. The molecule has 0 aliphatic heterocycles. The molecule has 7 aromatic rings. The van der Waals surface area contributed by atoms with Crippen LogP contribution in [0.25, 0.3) is 57.8 Å². The molecule has 0 aliphatic carbocycles. The zero-order chi connectivity index (χ0) is 18.9. The molecule has 0 saturated carbocycles. The van der Waals surface area contributed by atoms with E-state index in [1.807, 2.05) is 68.0 Å². The molecule has 0 unspecified atom stereocenters. The van der Waals surface area contributed by atoms with Crippen LogP contribution in [-0.4, -0.2) is 0 Å². The Labute approximate surface area is 200 Å². The lowest BCUT2D eigenvalue weighted by atomic mass is 10.00. The van der Waals surface area contributed by atoms with Crippen LogP contribution >= 0.6 is 99.9 Å². The Morgan fingerprint density at radius 2 is 0.964 bits per heavy atom. The van der Waals surface area contributed by atoms with Crippen LogP contribution in [0.1, 0.15) is 11.1 Å². The fourth-order valence-corrected chi connectivity index (χ4v) is 14.0. The first kappa shape index (κ1) is 17.6. The van der Waals surface area contributed by atoms with Gasteiger partial charge in [-0.15, -0.1) is 68.0 Å². The summed E-state index contributed by atoms with van der Waals surface area (Å²) >= 11 is 19.3. The average Bonchev–Trinajstić information content (AvgIpc) is 3.43. The first-order valence-corrected chi connectivity index (χ1v) is 15.1. The van der Waals surface area contributed by atoms with Crippen molar-refractivity contribution in [1.82, 2.24) is 0 Å². The summed E-state index contributed by atoms with van der Waals surface area (Å²) in [6.07, 6.45) is 0. The van der Waals surface area contributed by atoms with E-state index in [1.165, 1.54) is 77.8 Å². The fraction of sp³-hybridized carbons (Fsp3) is 0.100. The Bertz CT molecular complexity index is 1630. The van der Waals surface area contributed by atoms with Crippen molar-refractivity contribution in [2.24, 2.45) is 0 Å². The summed E-state index contributed by atoms with van der Waals surface area (Å²) in [5.41, 5.74) is 2.90. The molecule has 0 fully saturated rings. The summed E-state index contributed by atoms with van der Waals surface area (Å²) in [6.45, 7) is 4.61. The standard InChI is InChI=1S/C20H8Br2S6/c1-5-6(2)16-12(14-10-8(22)4-24-18(10)28-20(14)26-16)11-13-9-7(21)3-23-17(9)27-19(13)25-15(5)11/h3-4H,1-2H3. The maximum absolute atomic E-state index is 3.83. The molecule has 1 aromatic carbocycles. The summed E-state index contributed by atoms with van der Waals surface area (Å²) in [4.78, 5) is 0. The third-order valence-electron chi connectivity index (χ3n) is 5.54. The van der Waals surface area contributed by atoms with E-state index in [0.717, 1.165) is 0 Å². The van der Waals surface area contributed by atoms with Crippen LogP contribution in [0, 0.1) is 13.8 Å². The smallest absolute Gasteiger partial charge is 0.0899 e. The molecule has 28 heavy (non-hydrogen) atoms. The van der Waals surface area contributed by atoms with Crippen LogP contribution in [0.15, 0.2) is 19.7 Å². The second-order valence-corrected chi connectivity index (χ2v) is 15.5. The van der Waals surface area contributed by atoms with Crippen molar-refractivity contribution in [3.05, 3.63) is 30.8 Å². The predicted molar refractivity (Wildman–Crippen MR) is 144 cm³/mol. The van der Waals surface area contributed by atoms with Gasteiger partial charge in [0.15, 0.2) is 0 Å². The first-order valence-electron chi connectivity index (χ1n) is 8.47. The SMILES string of the molecule is Cc1c(C)c2sc3sc4scc(Br)c4c3c2c2c1sc1sc3scc(Br)c3c12. The second kappa shape index (κ2) is 5.79. The van der Waals surface area contributed by atoms with Crippen molar-refractivity contribution >= 4 is 158 Å². The highest BCUT2D eigenvalue weighted by Crippen LogP contribution is 2.57. The summed E-state index contributed by atoms with van der Waals surface area (Å²) in [5, 5.41) is 13.2. The normalized spacial score (nSPS) is 13.0. The van der Waals surface area contributed by atoms with Crippen LogP contribution in [0.4, 0.5) is 0 Å². The van der Waals surface area contributed by atoms with Crippen molar-refractivity contribution in [3.63, 3.8) is 0 Å². The van der Waals surface area contributed by atoms with Crippen LogP contribution in [-0.2, 0) is 0 Å². The van der Waals surface area contributed by atoms with Gasteiger partial charge in [0.05, 0.1) is 16.1 Å². The molecule has 0 N–H and O–H groups in total. The van der Waals surface area contributed by atoms with E-state index in [2.05, 4.69) is 56.5 Å². The molecule has 138 valence electrons. The maximum Gasteiger partial charge on any atom is 0.0899 e. The number of benzene rings is 1. The molecule has 0 bridgehead atoms. The van der Waals surface area contributed by atoms with Gasteiger partial charge in [-0.05, 0) is 56.8 Å². The lowest BCUT2D eigenvalue weighted by Crippen LogP contribution is -1.82. The zero-order valence-electron chi connectivity index (χ0n) is 14.4. The van der Waals surface area contributed by atoms with Gasteiger partial charge < -0.3 is 0 Å². The molecule has 8 heteroatoms. The first-order chi connectivity index (χ1) is 13.5.